The summed E-state index contributed by atoms with van der Waals surface area (Å²) in [6.07, 6.45) is 0. The molecule has 6 heteroatoms. The van der Waals surface area contributed by atoms with Crippen molar-refractivity contribution in [3.8, 4) is 11.5 Å². The minimum Gasteiger partial charge on any atom is -0.480 e. The number of benzene rings is 1. The van der Waals surface area contributed by atoms with E-state index in [1.54, 1.807) is 18.2 Å². The lowest BCUT2D eigenvalue weighted by Crippen LogP contribution is -2.42. The van der Waals surface area contributed by atoms with E-state index in [1.807, 2.05) is 4.90 Å². The lowest BCUT2D eigenvalue weighted by Gasteiger charge is -2.32. The SMILES string of the molecule is O=C(O)[C@@H](c1ccc2c(c1)OCO2)N1CCOCC1. The molecule has 0 aromatic heterocycles. The van der Waals surface area contributed by atoms with E-state index in [2.05, 4.69) is 0 Å². The fourth-order valence-corrected chi connectivity index (χ4v) is 2.43. The molecule has 19 heavy (non-hydrogen) atoms. The van der Waals surface area contributed by atoms with Crippen LogP contribution in [-0.2, 0) is 9.53 Å². The van der Waals surface area contributed by atoms with Gasteiger partial charge in [-0.15, -0.1) is 0 Å². The van der Waals surface area contributed by atoms with Crippen LogP contribution < -0.4 is 9.47 Å². The summed E-state index contributed by atoms with van der Waals surface area (Å²) in [5.41, 5.74) is 0.707. The van der Waals surface area contributed by atoms with Crippen LogP contribution in [0.1, 0.15) is 11.6 Å². The van der Waals surface area contributed by atoms with Crippen LogP contribution in [0, 0.1) is 0 Å². The average molecular weight is 265 g/mol. The molecule has 3 rings (SSSR count). The lowest BCUT2D eigenvalue weighted by atomic mass is 10.0. The second-order valence-electron chi connectivity index (χ2n) is 4.50. The Labute approximate surface area is 110 Å². The van der Waals surface area contributed by atoms with Crippen molar-refractivity contribution in [1.82, 2.24) is 4.90 Å². The molecule has 1 aromatic carbocycles. The quantitative estimate of drug-likeness (QED) is 0.874. The maximum atomic E-state index is 11.5. The highest BCUT2D eigenvalue weighted by Gasteiger charge is 2.30. The first-order valence-corrected chi connectivity index (χ1v) is 6.20. The predicted molar refractivity (Wildman–Crippen MR) is 65.3 cm³/mol. The van der Waals surface area contributed by atoms with E-state index in [4.69, 9.17) is 14.2 Å². The largest absolute Gasteiger partial charge is 0.480 e. The number of nitrogens with zero attached hydrogens (tertiary/aromatic N) is 1. The van der Waals surface area contributed by atoms with Crippen LogP contribution in [0.25, 0.3) is 0 Å². The number of carboxylic acids is 1. The van der Waals surface area contributed by atoms with Crippen molar-refractivity contribution in [2.24, 2.45) is 0 Å². The number of carbonyl (C=O) groups is 1. The van der Waals surface area contributed by atoms with Crippen molar-refractivity contribution >= 4 is 5.97 Å². The molecular formula is C13H15NO5. The molecule has 0 spiro atoms. The van der Waals surface area contributed by atoms with Crippen molar-refractivity contribution in [1.29, 1.82) is 0 Å². The molecule has 1 aromatic rings. The summed E-state index contributed by atoms with van der Waals surface area (Å²) in [4.78, 5) is 13.5. The molecule has 6 nitrogen and oxygen atoms in total. The third kappa shape index (κ3) is 2.36. The average Bonchev–Trinajstić information content (AvgIpc) is 2.87. The van der Waals surface area contributed by atoms with E-state index in [9.17, 15) is 9.90 Å². The molecule has 1 fully saturated rings. The van der Waals surface area contributed by atoms with Crippen LogP contribution in [0.2, 0.25) is 0 Å². The summed E-state index contributed by atoms with van der Waals surface area (Å²) < 4.78 is 15.8. The number of fused-ring (bicyclic) bond motifs is 1. The van der Waals surface area contributed by atoms with Crippen molar-refractivity contribution in [3.63, 3.8) is 0 Å². The summed E-state index contributed by atoms with van der Waals surface area (Å²) in [5.74, 6) is 0.410. The van der Waals surface area contributed by atoms with Gasteiger partial charge in [-0.05, 0) is 17.7 Å². The van der Waals surface area contributed by atoms with Gasteiger partial charge in [0.05, 0.1) is 13.2 Å². The highest BCUT2D eigenvalue weighted by atomic mass is 16.7. The van der Waals surface area contributed by atoms with Crippen molar-refractivity contribution in [3.05, 3.63) is 23.8 Å². The van der Waals surface area contributed by atoms with Crippen LogP contribution in [-0.4, -0.2) is 49.1 Å². The Morgan fingerprint density at radius 3 is 2.68 bits per heavy atom. The van der Waals surface area contributed by atoms with E-state index >= 15 is 0 Å². The highest BCUT2D eigenvalue weighted by molar-refractivity contribution is 5.76. The minimum absolute atomic E-state index is 0.189. The fraction of sp³-hybridized carbons (Fsp3) is 0.462. The van der Waals surface area contributed by atoms with Crippen LogP contribution in [0.15, 0.2) is 18.2 Å². The number of hydrogen-bond donors (Lipinski definition) is 1. The van der Waals surface area contributed by atoms with Gasteiger partial charge in [0.2, 0.25) is 6.79 Å². The first kappa shape index (κ1) is 12.3. The first-order chi connectivity index (χ1) is 9.25. The Kier molecular flexibility index (Phi) is 3.27. The standard InChI is InChI=1S/C13H15NO5/c15-13(16)12(14-3-5-17-6-4-14)9-1-2-10-11(7-9)19-8-18-10/h1-2,7,12H,3-6,8H2,(H,15,16)/t12-/m1/s1. The van der Waals surface area contributed by atoms with Gasteiger partial charge in [-0.1, -0.05) is 6.07 Å². The Morgan fingerprint density at radius 2 is 1.95 bits per heavy atom. The lowest BCUT2D eigenvalue weighted by molar-refractivity contribution is -0.145. The third-order valence-electron chi connectivity index (χ3n) is 3.36. The number of rotatable bonds is 3. The van der Waals surface area contributed by atoms with Crippen LogP contribution in [0.3, 0.4) is 0 Å². The topological polar surface area (TPSA) is 68.2 Å². The smallest absolute Gasteiger partial charge is 0.325 e. The molecule has 1 atom stereocenters. The van der Waals surface area contributed by atoms with Crippen LogP contribution in [0.4, 0.5) is 0 Å². The molecule has 1 saturated heterocycles. The number of morpholine rings is 1. The van der Waals surface area contributed by atoms with E-state index < -0.39 is 12.0 Å². The summed E-state index contributed by atoms with van der Waals surface area (Å²) >= 11 is 0. The van der Waals surface area contributed by atoms with Crippen LogP contribution in [0.5, 0.6) is 11.5 Å². The van der Waals surface area contributed by atoms with Gasteiger partial charge < -0.3 is 19.3 Å². The summed E-state index contributed by atoms with van der Waals surface area (Å²) in [7, 11) is 0. The van der Waals surface area contributed by atoms with Gasteiger partial charge in [0.25, 0.3) is 0 Å². The normalized spacial score (nSPS) is 20.2. The number of aliphatic carboxylic acids is 1. The molecule has 2 aliphatic rings. The molecule has 0 amide bonds. The second kappa shape index (κ2) is 5.07. The monoisotopic (exact) mass is 265 g/mol. The van der Waals surface area contributed by atoms with E-state index in [-0.39, 0.29) is 6.79 Å². The molecule has 0 bridgehead atoms. The molecule has 102 valence electrons. The molecule has 1 N–H and O–H groups in total. The minimum atomic E-state index is -0.860. The molecule has 0 aliphatic carbocycles. The van der Waals surface area contributed by atoms with E-state index in [0.717, 1.165) is 0 Å². The Morgan fingerprint density at radius 1 is 1.21 bits per heavy atom. The van der Waals surface area contributed by atoms with Crippen molar-refractivity contribution in [2.75, 3.05) is 33.1 Å². The second-order valence-corrected chi connectivity index (χ2v) is 4.50. The molecule has 0 radical (unpaired) electrons. The summed E-state index contributed by atoms with van der Waals surface area (Å²) in [5, 5.41) is 9.47. The van der Waals surface area contributed by atoms with Gasteiger partial charge in [0, 0.05) is 13.1 Å². The van der Waals surface area contributed by atoms with Crippen molar-refractivity contribution < 1.29 is 24.1 Å². The predicted octanol–water partition coefficient (Wildman–Crippen LogP) is 0.873. The molecule has 2 aliphatic heterocycles. The number of ether oxygens (including phenoxy) is 3. The van der Waals surface area contributed by atoms with Crippen LogP contribution >= 0.6 is 0 Å². The van der Waals surface area contributed by atoms with Gasteiger partial charge in [-0.3, -0.25) is 9.69 Å². The zero-order valence-electron chi connectivity index (χ0n) is 10.4. The van der Waals surface area contributed by atoms with Gasteiger partial charge >= 0.3 is 5.97 Å². The summed E-state index contributed by atoms with van der Waals surface area (Å²) in [6, 6.07) is 4.62. The number of carboxylic acid groups (broad SMARTS) is 1. The van der Waals surface area contributed by atoms with Gasteiger partial charge in [-0.25, -0.2) is 0 Å². The van der Waals surface area contributed by atoms with Gasteiger partial charge in [0.1, 0.15) is 6.04 Å². The Balaban J connectivity index is 1.89. The highest BCUT2D eigenvalue weighted by Crippen LogP contribution is 2.35. The third-order valence-corrected chi connectivity index (χ3v) is 3.36. The Bertz CT molecular complexity index is 484. The number of hydrogen-bond acceptors (Lipinski definition) is 5. The Hall–Kier alpha value is -1.79. The molecule has 2 heterocycles. The molecule has 0 saturated carbocycles. The maximum absolute atomic E-state index is 11.5. The zero-order valence-corrected chi connectivity index (χ0v) is 10.4. The van der Waals surface area contributed by atoms with Gasteiger partial charge in [0.15, 0.2) is 11.5 Å². The van der Waals surface area contributed by atoms with E-state index in [0.29, 0.717) is 43.4 Å². The van der Waals surface area contributed by atoms with E-state index in [1.165, 1.54) is 0 Å². The van der Waals surface area contributed by atoms with Crippen molar-refractivity contribution in [2.45, 2.75) is 6.04 Å². The summed E-state index contributed by atoms with van der Waals surface area (Å²) in [6.45, 7) is 2.55. The van der Waals surface area contributed by atoms with Gasteiger partial charge in [-0.2, -0.15) is 0 Å². The zero-order chi connectivity index (χ0) is 13.2. The first-order valence-electron chi connectivity index (χ1n) is 6.20. The fourth-order valence-electron chi connectivity index (χ4n) is 2.43. The molecular weight excluding hydrogens is 250 g/mol. The molecule has 0 unspecified atom stereocenters. The maximum Gasteiger partial charge on any atom is 0.325 e.